The van der Waals surface area contributed by atoms with Crippen LogP contribution in [0.1, 0.15) is 11.1 Å². The molecule has 0 heterocycles. The summed E-state index contributed by atoms with van der Waals surface area (Å²) in [5.41, 5.74) is 2.93. The van der Waals surface area contributed by atoms with Crippen molar-refractivity contribution in [1.82, 2.24) is 0 Å². The number of hydrogen-bond donors (Lipinski definition) is 0. The second kappa shape index (κ2) is 12.6. The van der Waals surface area contributed by atoms with E-state index in [9.17, 15) is 0 Å². The van der Waals surface area contributed by atoms with Crippen LogP contribution in [0, 0.1) is 7.14 Å². The molecule has 0 aliphatic rings. The molecule has 0 saturated heterocycles. The van der Waals surface area contributed by atoms with Gasteiger partial charge in [0.15, 0.2) is 0 Å². The Bertz CT molecular complexity index is 1030. The first-order valence-corrected chi connectivity index (χ1v) is 16.3. The van der Waals surface area contributed by atoms with E-state index in [1.54, 1.807) is 0 Å². The minimum atomic E-state index is -0.237. The molecular formula is C28H26I2P2. The summed E-state index contributed by atoms with van der Waals surface area (Å²) in [5, 5.41) is 3.05. The van der Waals surface area contributed by atoms with E-state index >= 15 is 0 Å². The normalized spacial score (nSPS) is 12.9. The second-order valence-corrected chi connectivity index (χ2v) is 15.0. The molecule has 0 N–H and O–H groups in total. The van der Waals surface area contributed by atoms with Crippen molar-refractivity contribution in [2.24, 2.45) is 0 Å². The van der Waals surface area contributed by atoms with Crippen LogP contribution >= 0.6 is 61.0 Å². The molecule has 0 radical (unpaired) electrons. The molecule has 0 spiro atoms. The van der Waals surface area contributed by atoms with Crippen molar-refractivity contribution in [2.75, 3.05) is 12.3 Å². The third-order valence-corrected chi connectivity index (χ3v) is 12.2. The zero-order valence-electron chi connectivity index (χ0n) is 17.9. The van der Waals surface area contributed by atoms with Crippen molar-refractivity contribution in [3.05, 3.63) is 127 Å². The van der Waals surface area contributed by atoms with E-state index in [1.807, 2.05) is 0 Å². The Morgan fingerprint density at radius 1 is 0.469 bits per heavy atom. The van der Waals surface area contributed by atoms with Crippen LogP contribution < -0.4 is 10.6 Å². The highest BCUT2D eigenvalue weighted by molar-refractivity contribution is 14.1. The van der Waals surface area contributed by atoms with Crippen LogP contribution in [-0.4, -0.2) is 12.3 Å². The maximum atomic E-state index is 2.43. The zero-order valence-corrected chi connectivity index (χ0v) is 24.0. The lowest BCUT2D eigenvalue weighted by atomic mass is 10.2. The summed E-state index contributed by atoms with van der Waals surface area (Å²) in [6, 6.07) is 40.5. The lowest BCUT2D eigenvalue weighted by Crippen LogP contribution is -2.11. The number of benzene rings is 4. The molecule has 32 heavy (non-hydrogen) atoms. The smallest absolute Gasteiger partial charge is 0.0133 e. The highest BCUT2D eigenvalue weighted by atomic mass is 127. The summed E-state index contributed by atoms with van der Waals surface area (Å²) in [4.78, 5) is 0. The molecule has 4 aromatic rings. The molecule has 4 aromatic carbocycles. The first kappa shape index (κ1) is 24.3. The van der Waals surface area contributed by atoms with Crippen LogP contribution in [0.2, 0.25) is 0 Å². The van der Waals surface area contributed by atoms with Gasteiger partial charge in [0.05, 0.1) is 0 Å². The Morgan fingerprint density at radius 3 is 1.25 bits per heavy atom. The van der Waals surface area contributed by atoms with Crippen LogP contribution in [0.3, 0.4) is 0 Å². The minimum Gasteiger partial charge on any atom is -0.0705 e. The maximum absolute atomic E-state index is 2.43. The minimum absolute atomic E-state index is 0.237. The number of rotatable bonds is 9. The zero-order chi connectivity index (χ0) is 22.2. The quantitative estimate of drug-likeness (QED) is 0.124. The SMILES string of the molecule is Ic1cccc(CP(CCP(Cc2cccc(I)c2)c2ccccc2)c2ccccc2)c1. The fraction of sp³-hybridized carbons (Fsp3) is 0.143. The van der Waals surface area contributed by atoms with Crippen molar-refractivity contribution < 1.29 is 0 Å². The van der Waals surface area contributed by atoms with Crippen LogP contribution in [0.25, 0.3) is 0 Å². The molecule has 4 rings (SSSR count). The Labute approximate surface area is 222 Å². The van der Waals surface area contributed by atoms with E-state index in [-0.39, 0.29) is 15.8 Å². The van der Waals surface area contributed by atoms with Gasteiger partial charge in [-0.25, -0.2) is 0 Å². The predicted molar refractivity (Wildman–Crippen MR) is 161 cm³/mol. The summed E-state index contributed by atoms with van der Waals surface area (Å²) in [7, 11) is -0.474. The predicted octanol–water partition coefficient (Wildman–Crippen LogP) is 8.21. The van der Waals surface area contributed by atoms with Gasteiger partial charge in [-0.2, -0.15) is 0 Å². The van der Waals surface area contributed by atoms with E-state index in [4.69, 9.17) is 0 Å². The van der Waals surface area contributed by atoms with Gasteiger partial charge in [-0.1, -0.05) is 101 Å². The molecule has 0 saturated carbocycles. The molecular weight excluding hydrogens is 652 g/mol. The van der Waals surface area contributed by atoms with Gasteiger partial charge in [0.2, 0.25) is 0 Å². The van der Waals surface area contributed by atoms with E-state index in [0.717, 1.165) is 12.3 Å². The van der Waals surface area contributed by atoms with Crippen molar-refractivity contribution in [1.29, 1.82) is 0 Å². The Hall–Kier alpha value is -0.800. The van der Waals surface area contributed by atoms with Gasteiger partial charge >= 0.3 is 0 Å². The lowest BCUT2D eigenvalue weighted by molar-refractivity contribution is 1.33. The average molecular weight is 678 g/mol. The topological polar surface area (TPSA) is 0 Å². The van der Waals surface area contributed by atoms with E-state index < -0.39 is 0 Å². The fourth-order valence-corrected chi connectivity index (χ4v) is 10.6. The Balaban J connectivity index is 1.56. The van der Waals surface area contributed by atoms with Crippen LogP contribution in [0.4, 0.5) is 0 Å². The van der Waals surface area contributed by atoms with Gasteiger partial charge in [0, 0.05) is 7.14 Å². The Morgan fingerprint density at radius 2 is 0.875 bits per heavy atom. The van der Waals surface area contributed by atoms with E-state index in [0.29, 0.717) is 0 Å². The number of halogens is 2. The highest BCUT2D eigenvalue weighted by Crippen LogP contribution is 2.46. The molecule has 0 fully saturated rings. The highest BCUT2D eigenvalue weighted by Gasteiger charge is 2.17. The Kier molecular flexibility index (Phi) is 9.58. The summed E-state index contributed by atoms with van der Waals surface area (Å²) in [6.07, 6.45) is 4.87. The summed E-state index contributed by atoms with van der Waals surface area (Å²) in [6.45, 7) is 0. The van der Waals surface area contributed by atoms with Gasteiger partial charge in [0.1, 0.15) is 0 Å². The third kappa shape index (κ3) is 7.35. The third-order valence-electron chi connectivity index (χ3n) is 5.41. The molecule has 0 aliphatic carbocycles. The summed E-state index contributed by atoms with van der Waals surface area (Å²) >= 11 is 4.86. The molecule has 2 atom stereocenters. The molecule has 4 heteroatoms. The van der Waals surface area contributed by atoms with E-state index in [2.05, 4.69) is 154 Å². The first-order valence-electron chi connectivity index (χ1n) is 10.8. The van der Waals surface area contributed by atoms with Crippen LogP contribution in [0.15, 0.2) is 109 Å². The van der Waals surface area contributed by atoms with E-state index in [1.165, 1.54) is 41.2 Å². The summed E-state index contributed by atoms with van der Waals surface area (Å²) < 4.78 is 2.65. The van der Waals surface area contributed by atoms with Crippen LogP contribution in [-0.2, 0) is 12.3 Å². The monoisotopic (exact) mass is 678 g/mol. The van der Waals surface area contributed by atoms with Crippen LogP contribution in [0.5, 0.6) is 0 Å². The van der Waals surface area contributed by atoms with Gasteiger partial charge in [-0.05, 0) is 116 Å². The second-order valence-electron chi connectivity index (χ2n) is 7.77. The van der Waals surface area contributed by atoms with Crippen molar-refractivity contribution in [3.8, 4) is 0 Å². The maximum Gasteiger partial charge on any atom is 0.0133 e. The lowest BCUT2D eigenvalue weighted by Gasteiger charge is -2.24. The molecule has 2 unspecified atom stereocenters. The molecule has 0 aromatic heterocycles. The van der Waals surface area contributed by atoms with Crippen molar-refractivity contribution in [3.63, 3.8) is 0 Å². The average Bonchev–Trinajstić information content (AvgIpc) is 2.82. The molecule has 0 aliphatic heterocycles. The molecule has 0 bridgehead atoms. The van der Waals surface area contributed by atoms with Crippen molar-refractivity contribution >= 4 is 71.6 Å². The van der Waals surface area contributed by atoms with Gasteiger partial charge < -0.3 is 0 Å². The van der Waals surface area contributed by atoms with Crippen molar-refractivity contribution in [2.45, 2.75) is 12.3 Å². The van der Waals surface area contributed by atoms with Gasteiger partial charge in [-0.3, -0.25) is 0 Å². The molecule has 162 valence electrons. The molecule has 0 amide bonds. The standard InChI is InChI=1S/C28H26I2P2/c29-25-11-7-9-23(19-25)21-31(27-13-3-1-4-14-27)17-18-32(28-15-5-2-6-16-28)22-24-10-8-12-26(30)20-24/h1-16,19-20H,17-18,21-22H2. The largest absolute Gasteiger partial charge is 0.0705 e. The fourth-order valence-electron chi connectivity index (χ4n) is 3.83. The molecule has 0 nitrogen and oxygen atoms in total. The summed E-state index contributed by atoms with van der Waals surface area (Å²) in [5.74, 6) is 0. The van der Waals surface area contributed by atoms with Gasteiger partial charge in [-0.15, -0.1) is 0 Å². The number of hydrogen-bond acceptors (Lipinski definition) is 0. The first-order chi connectivity index (χ1) is 15.7. The van der Waals surface area contributed by atoms with Gasteiger partial charge in [0.25, 0.3) is 0 Å².